The van der Waals surface area contributed by atoms with Gasteiger partial charge in [0.2, 0.25) is 0 Å². The van der Waals surface area contributed by atoms with Crippen molar-refractivity contribution >= 4 is 5.97 Å². The van der Waals surface area contributed by atoms with Gasteiger partial charge >= 0.3 is 5.97 Å². The predicted octanol–water partition coefficient (Wildman–Crippen LogP) is 3.19. The number of hydrogen-bond acceptors (Lipinski definition) is 4. The molecule has 0 aliphatic rings. The first kappa shape index (κ1) is 19.4. The highest BCUT2D eigenvalue weighted by Gasteiger charge is 2.10. The first-order chi connectivity index (χ1) is 9.56. The van der Waals surface area contributed by atoms with Crippen LogP contribution in [0.4, 0.5) is 0 Å². The third-order valence-corrected chi connectivity index (χ3v) is 3.37. The number of carbonyl (C=O) groups excluding carboxylic acids is 1. The molecule has 0 saturated carbocycles. The van der Waals surface area contributed by atoms with E-state index < -0.39 is 6.10 Å². The van der Waals surface area contributed by atoms with E-state index in [0.717, 1.165) is 25.7 Å². The summed E-state index contributed by atoms with van der Waals surface area (Å²) in [5.74, 6) is -0.307. The van der Waals surface area contributed by atoms with Crippen LogP contribution in [0.1, 0.15) is 78.1 Å². The van der Waals surface area contributed by atoms with Crippen LogP contribution in [0.15, 0.2) is 0 Å². The SMILES string of the molecule is CCOC(=O)CC(O)CCCCCCCCCC(C)O. The maximum Gasteiger partial charge on any atom is 0.308 e. The number of rotatable bonds is 13. The molecule has 0 fully saturated rings. The molecule has 0 aromatic rings. The van der Waals surface area contributed by atoms with Gasteiger partial charge < -0.3 is 14.9 Å². The Morgan fingerprint density at radius 1 is 0.950 bits per heavy atom. The molecule has 0 heterocycles. The second-order valence-electron chi connectivity index (χ2n) is 5.56. The van der Waals surface area contributed by atoms with Gasteiger partial charge in [0, 0.05) is 0 Å². The number of carbonyl (C=O) groups is 1. The van der Waals surface area contributed by atoms with Crippen LogP contribution in [0.5, 0.6) is 0 Å². The second kappa shape index (κ2) is 13.4. The van der Waals surface area contributed by atoms with Gasteiger partial charge in [-0.2, -0.15) is 0 Å². The fourth-order valence-electron chi connectivity index (χ4n) is 2.22. The van der Waals surface area contributed by atoms with Gasteiger partial charge in [-0.05, 0) is 26.7 Å². The summed E-state index contributed by atoms with van der Waals surface area (Å²) in [6.45, 7) is 3.98. The van der Waals surface area contributed by atoms with E-state index in [1.54, 1.807) is 6.92 Å². The van der Waals surface area contributed by atoms with Crippen molar-refractivity contribution in [1.82, 2.24) is 0 Å². The van der Waals surface area contributed by atoms with Crippen LogP contribution in [0.3, 0.4) is 0 Å². The van der Waals surface area contributed by atoms with Gasteiger partial charge in [-0.25, -0.2) is 0 Å². The van der Waals surface area contributed by atoms with Gasteiger partial charge in [-0.1, -0.05) is 44.9 Å². The summed E-state index contributed by atoms with van der Waals surface area (Å²) in [6, 6.07) is 0. The Labute approximate surface area is 123 Å². The summed E-state index contributed by atoms with van der Waals surface area (Å²) < 4.78 is 4.79. The molecule has 2 unspecified atom stereocenters. The van der Waals surface area contributed by atoms with Crippen molar-refractivity contribution in [1.29, 1.82) is 0 Å². The van der Waals surface area contributed by atoms with Crippen LogP contribution in [0.25, 0.3) is 0 Å². The first-order valence-electron chi connectivity index (χ1n) is 8.08. The van der Waals surface area contributed by atoms with E-state index in [1.165, 1.54) is 25.7 Å². The molecule has 0 aromatic carbocycles. The molecule has 4 heteroatoms. The number of esters is 1. The van der Waals surface area contributed by atoms with E-state index in [2.05, 4.69) is 0 Å². The van der Waals surface area contributed by atoms with Crippen molar-refractivity contribution in [2.24, 2.45) is 0 Å². The smallest absolute Gasteiger partial charge is 0.308 e. The Kier molecular flexibility index (Phi) is 13.0. The maximum absolute atomic E-state index is 11.1. The molecule has 0 aliphatic heterocycles. The first-order valence-corrected chi connectivity index (χ1v) is 8.08. The molecule has 2 atom stereocenters. The number of aliphatic hydroxyl groups is 2. The summed E-state index contributed by atoms with van der Waals surface area (Å²) in [7, 11) is 0. The van der Waals surface area contributed by atoms with Crippen LogP contribution >= 0.6 is 0 Å². The lowest BCUT2D eigenvalue weighted by Gasteiger charge is -2.09. The fourth-order valence-corrected chi connectivity index (χ4v) is 2.22. The van der Waals surface area contributed by atoms with Gasteiger partial charge in [0.1, 0.15) is 0 Å². The Morgan fingerprint density at radius 3 is 1.95 bits per heavy atom. The molecule has 0 saturated heterocycles. The topological polar surface area (TPSA) is 66.8 Å². The minimum atomic E-state index is -0.555. The minimum Gasteiger partial charge on any atom is -0.466 e. The van der Waals surface area contributed by atoms with Gasteiger partial charge in [-0.3, -0.25) is 4.79 Å². The van der Waals surface area contributed by atoms with Crippen LogP contribution in [0.2, 0.25) is 0 Å². The molecule has 0 aromatic heterocycles. The van der Waals surface area contributed by atoms with Crippen LogP contribution in [-0.2, 0) is 9.53 Å². The average Bonchev–Trinajstić information content (AvgIpc) is 2.36. The largest absolute Gasteiger partial charge is 0.466 e. The lowest BCUT2D eigenvalue weighted by Crippen LogP contribution is -2.15. The predicted molar refractivity (Wildman–Crippen MR) is 80.5 cm³/mol. The van der Waals surface area contributed by atoms with Gasteiger partial charge in [0.15, 0.2) is 0 Å². The molecule has 0 bridgehead atoms. The van der Waals surface area contributed by atoms with Crippen LogP contribution in [0, 0.1) is 0 Å². The lowest BCUT2D eigenvalue weighted by molar-refractivity contribution is -0.145. The summed E-state index contributed by atoms with van der Waals surface area (Å²) in [5.41, 5.74) is 0. The third kappa shape index (κ3) is 13.8. The Hall–Kier alpha value is -0.610. The van der Waals surface area contributed by atoms with Crippen molar-refractivity contribution < 1.29 is 19.7 Å². The molecular formula is C16H32O4. The van der Waals surface area contributed by atoms with Crippen molar-refractivity contribution in [2.75, 3.05) is 6.61 Å². The summed E-state index contributed by atoms with van der Waals surface area (Å²) in [4.78, 5) is 11.1. The van der Waals surface area contributed by atoms with E-state index in [9.17, 15) is 9.90 Å². The summed E-state index contributed by atoms with van der Waals surface area (Å²) in [6.07, 6.45) is 8.97. The van der Waals surface area contributed by atoms with E-state index in [4.69, 9.17) is 9.84 Å². The molecule has 0 radical (unpaired) electrons. The normalized spacial score (nSPS) is 14.0. The third-order valence-electron chi connectivity index (χ3n) is 3.37. The van der Waals surface area contributed by atoms with Crippen LogP contribution < -0.4 is 0 Å². The number of hydrogen-bond donors (Lipinski definition) is 2. The summed E-state index contributed by atoms with van der Waals surface area (Å²) in [5, 5.41) is 18.8. The molecule has 120 valence electrons. The van der Waals surface area contributed by atoms with Crippen molar-refractivity contribution in [3.05, 3.63) is 0 Å². The van der Waals surface area contributed by atoms with Crippen molar-refractivity contribution in [3.63, 3.8) is 0 Å². The molecule has 0 aliphatic carbocycles. The highest BCUT2D eigenvalue weighted by Crippen LogP contribution is 2.12. The van der Waals surface area contributed by atoms with Crippen molar-refractivity contribution in [3.8, 4) is 0 Å². The molecule has 0 amide bonds. The highest BCUT2D eigenvalue weighted by atomic mass is 16.5. The zero-order chi connectivity index (χ0) is 15.2. The van der Waals surface area contributed by atoms with E-state index in [0.29, 0.717) is 13.0 Å². The highest BCUT2D eigenvalue weighted by molar-refractivity contribution is 5.69. The molecule has 2 N–H and O–H groups in total. The van der Waals surface area contributed by atoms with Crippen molar-refractivity contribution in [2.45, 2.75) is 90.3 Å². The van der Waals surface area contributed by atoms with E-state index >= 15 is 0 Å². The molecule has 0 spiro atoms. The summed E-state index contributed by atoms with van der Waals surface area (Å²) >= 11 is 0. The Bertz CT molecular complexity index is 229. The van der Waals surface area contributed by atoms with E-state index in [-0.39, 0.29) is 18.5 Å². The maximum atomic E-state index is 11.1. The minimum absolute atomic E-state index is 0.118. The number of unbranched alkanes of at least 4 members (excludes halogenated alkanes) is 6. The van der Waals surface area contributed by atoms with Crippen LogP contribution in [-0.4, -0.2) is 35.0 Å². The van der Waals surface area contributed by atoms with Gasteiger partial charge in [0.25, 0.3) is 0 Å². The second-order valence-corrected chi connectivity index (χ2v) is 5.56. The van der Waals surface area contributed by atoms with E-state index in [1.807, 2.05) is 6.92 Å². The Balaban J connectivity index is 3.25. The Morgan fingerprint density at radius 2 is 1.45 bits per heavy atom. The van der Waals surface area contributed by atoms with Gasteiger partial charge in [-0.15, -0.1) is 0 Å². The molecular weight excluding hydrogens is 256 g/mol. The zero-order valence-electron chi connectivity index (χ0n) is 13.1. The number of ether oxygens (including phenoxy) is 1. The molecule has 20 heavy (non-hydrogen) atoms. The molecule has 4 nitrogen and oxygen atoms in total. The fraction of sp³-hybridized carbons (Fsp3) is 0.938. The van der Waals surface area contributed by atoms with Gasteiger partial charge in [0.05, 0.1) is 25.2 Å². The lowest BCUT2D eigenvalue weighted by atomic mass is 10.0. The monoisotopic (exact) mass is 288 g/mol. The average molecular weight is 288 g/mol. The molecule has 0 rings (SSSR count). The quantitative estimate of drug-likeness (QED) is 0.403. The zero-order valence-corrected chi connectivity index (χ0v) is 13.1. The standard InChI is InChI=1S/C16H32O4/c1-3-20-16(19)13-15(18)12-10-8-6-4-5-7-9-11-14(2)17/h14-15,17-18H,3-13H2,1-2H3. The number of aliphatic hydroxyl groups excluding tert-OH is 2.